The average molecular weight is 409 g/mol. The van der Waals surface area contributed by atoms with E-state index in [1.165, 1.54) is 0 Å². The van der Waals surface area contributed by atoms with E-state index in [1.807, 2.05) is 49.4 Å². The average Bonchev–Trinajstić information content (AvgIpc) is 2.76. The Balaban J connectivity index is 1.46. The number of hydrogen-bond donors (Lipinski definition) is 1. The van der Waals surface area contributed by atoms with Crippen LogP contribution in [0.1, 0.15) is 16.7 Å². The first kappa shape index (κ1) is 20.6. The third kappa shape index (κ3) is 4.90. The number of benzene rings is 2. The van der Waals surface area contributed by atoms with Crippen molar-refractivity contribution in [1.29, 1.82) is 0 Å². The zero-order valence-electron chi connectivity index (χ0n) is 17.2. The van der Waals surface area contributed by atoms with Crippen LogP contribution in [0.15, 0.2) is 57.7 Å². The molecule has 6 heteroatoms. The van der Waals surface area contributed by atoms with Crippen molar-refractivity contribution in [2.75, 3.05) is 39.5 Å². The molecule has 1 saturated heterocycles. The van der Waals surface area contributed by atoms with Crippen LogP contribution >= 0.6 is 0 Å². The van der Waals surface area contributed by atoms with Crippen molar-refractivity contribution in [2.24, 2.45) is 0 Å². The Hall–Kier alpha value is -2.67. The molecule has 1 aliphatic rings. The van der Waals surface area contributed by atoms with Crippen LogP contribution in [0.3, 0.4) is 0 Å². The molecule has 1 aliphatic heterocycles. The molecule has 6 nitrogen and oxygen atoms in total. The molecule has 3 aromatic rings. The molecule has 1 N–H and O–H groups in total. The van der Waals surface area contributed by atoms with E-state index in [1.54, 1.807) is 6.07 Å². The number of β-amino-alcohol motifs (C(OH)–C–C–N with tert-alkyl or cyclic N) is 1. The van der Waals surface area contributed by atoms with E-state index < -0.39 is 6.10 Å². The molecule has 0 saturated carbocycles. The van der Waals surface area contributed by atoms with E-state index in [2.05, 4.69) is 4.90 Å². The normalized spacial score (nSPS) is 15.9. The Morgan fingerprint density at radius 2 is 1.90 bits per heavy atom. The minimum Gasteiger partial charge on any atom is -0.491 e. The third-order valence-electron chi connectivity index (χ3n) is 5.50. The van der Waals surface area contributed by atoms with Gasteiger partial charge in [-0.3, -0.25) is 4.90 Å². The lowest BCUT2D eigenvalue weighted by Gasteiger charge is -2.28. The molecule has 30 heavy (non-hydrogen) atoms. The fourth-order valence-corrected chi connectivity index (χ4v) is 3.80. The monoisotopic (exact) mass is 409 g/mol. The van der Waals surface area contributed by atoms with Crippen LogP contribution in [0.2, 0.25) is 0 Å². The number of rotatable bonds is 7. The quantitative estimate of drug-likeness (QED) is 0.605. The van der Waals surface area contributed by atoms with Gasteiger partial charge in [-0.15, -0.1) is 0 Å². The van der Waals surface area contributed by atoms with E-state index in [4.69, 9.17) is 13.9 Å². The zero-order valence-corrected chi connectivity index (χ0v) is 17.2. The van der Waals surface area contributed by atoms with Crippen LogP contribution in [0.5, 0.6) is 5.75 Å². The fourth-order valence-electron chi connectivity index (χ4n) is 3.80. The summed E-state index contributed by atoms with van der Waals surface area (Å²) in [5.41, 5.74) is 2.83. The van der Waals surface area contributed by atoms with Gasteiger partial charge in [0.2, 0.25) is 0 Å². The Morgan fingerprint density at radius 3 is 2.67 bits per heavy atom. The number of morpholine rings is 1. The number of aliphatic hydroxyl groups excluding tert-OH is 1. The molecule has 0 radical (unpaired) electrons. The van der Waals surface area contributed by atoms with Crippen LogP contribution < -0.4 is 10.4 Å². The summed E-state index contributed by atoms with van der Waals surface area (Å²) in [6, 6.07) is 15.4. The van der Waals surface area contributed by atoms with Crippen molar-refractivity contribution in [2.45, 2.75) is 19.4 Å². The van der Waals surface area contributed by atoms with Crippen LogP contribution in [-0.2, 0) is 11.2 Å². The van der Waals surface area contributed by atoms with Crippen molar-refractivity contribution >= 4 is 11.0 Å². The van der Waals surface area contributed by atoms with Crippen molar-refractivity contribution in [1.82, 2.24) is 4.90 Å². The Labute approximate surface area is 175 Å². The topological polar surface area (TPSA) is 72.1 Å². The van der Waals surface area contributed by atoms with Gasteiger partial charge in [0.15, 0.2) is 0 Å². The summed E-state index contributed by atoms with van der Waals surface area (Å²) in [6.07, 6.45) is -0.0579. The second-order valence-corrected chi connectivity index (χ2v) is 7.69. The molecule has 0 spiro atoms. The maximum atomic E-state index is 12.6. The molecular weight excluding hydrogens is 382 g/mol. The largest absolute Gasteiger partial charge is 0.491 e. The molecule has 1 fully saturated rings. The van der Waals surface area contributed by atoms with Gasteiger partial charge in [-0.25, -0.2) is 4.79 Å². The van der Waals surface area contributed by atoms with Crippen molar-refractivity contribution in [3.63, 3.8) is 0 Å². The van der Waals surface area contributed by atoms with Crippen molar-refractivity contribution < 1.29 is 19.0 Å². The van der Waals surface area contributed by atoms with Gasteiger partial charge < -0.3 is 19.0 Å². The maximum absolute atomic E-state index is 12.6. The van der Waals surface area contributed by atoms with Crippen molar-refractivity contribution in [3.8, 4) is 5.75 Å². The second-order valence-electron chi connectivity index (χ2n) is 7.69. The lowest BCUT2D eigenvalue weighted by molar-refractivity contribution is 0.00466. The standard InChI is InChI=1S/C24H27NO5/c1-17-21-8-7-20(29-16-19(26)15-25-9-11-28-12-10-25)14-23(21)30-24(27)22(17)13-18-5-3-2-4-6-18/h2-8,14,19,26H,9-13,15-16H2,1H3/t19-/m1/s1. The predicted molar refractivity (Wildman–Crippen MR) is 115 cm³/mol. The van der Waals surface area contributed by atoms with E-state index in [9.17, 15) is 9.90 Å². The summed E-state index contributed by atoms with van der Waals surface area (Å²) in [5, 5.41) is 11.2. The van der Waals surface area contributed by atoms with Gasteiger partial charge in [0.05, 0.1) is 13.2 Å². The van der Waals surface area contributed by atoms with Crippen molar-refractivity contribution in [3.05, 3.63) is 75.6 Å². The first-order valence-corrected chi connectivity index (χ1v) is 10.3. The van der Waals surface area contributed by atoms with Crippen LogP contribution in [0, 0.1) is 6.92 Å². The maximum Gasteiger partial charge on any atom is 0.340 e. The van der Waals surface area contributed by atoms with E-state index in [-0.39, 0.29) is 12.2 Å². The summed E-state index contributed by atoms with van der Waals surface area (Å²) < 4.78 is 16.7. The van der Waals surface area contributed by atoms with Gasteiger partial charge in [-0.2, -0.15) is 0 Å². The first-order valence-electron chi connectivity index (χ1n) is 10.3. The Morgan fingerprint density at radius 1 is 1.13 bits per heavy atom. The summed E-state index contributed by atoms with van der Waals surface area (Å²) in [4.78, 5) is 14.8. The third-order valence-corrected chi connectivity index (χ3v) is 5.50. The lowest BCUT2D eigenvalue weighted by atomic mass is 10.00. The molecule has 0 unspecified atom stereocenters. The molecule has 2 heterocycles. The predicted octanol–water partition coefficient (Wildman–Crippen LogP) is 2.76. The first-order chi connectivity index (χ1) is 14.6. The lowest BCUT2D eigenvalue weighted by Crippen LogP contribution is -2.42. The van der Waals surface area contributed by atoms with E-state index in [0.29, 0.717) is 43.1 Å². The molecule has 0 aliphatic carbocycles. The number of ether oxygens (including phenoxy) is 2. The summed E-state index contributed by atoms with van der Waals surface area (Å²) >= 11 is 0. The molecular formula is C24H27NO5. The highest BCUT2D eigenvalue weighted by Crippen LogP contribution is 2.25. The summed E-state index contributed by atoms with van der Waals surface area (Å²) in [7, 11) is 0. The van der Waals surface area contributed by atoms with Gasteiger partial charge in [-0.1, -0.05) is 30.3 Å². The minimum absolute atomic E-state index is 0.179. The molecule has 1 atom stereocenters. The number of nitrogens with zero attached hydrogens (tertiary/aromatic N) is 1. The van der Waals surface area contributed by atoms with E-state index in [0.717, 1.165) is 29.6 Å². The highest BCUT2D eigenvalue weighted by molar-refractivity contribution is 5.82. The smallest absolute Gasteiger partial charge is 0.340 e. The number of aryl methyl sites for hydroxylation is 1. The van der Waals surface area contributed by atoms with E-state index >= 15 is 0 Å². The van der Waals surface area contributed by atoms with Gasteiger partial charge in [-0.05, 0) is 30.2 Å². The highest BCUT2D eigenvalue weighted by atomic mass is 16.5. The van der Waals surface area contributed by atoms with Gasteiger partial charge in [0.25, 0.3) is 0 Å². The molecule has 2 aromatic carbocycles. The Bertz CT molecular complexity index is 1040. The van der Waals surface area contributed by atoms with Gasteiger partial charge in [0.1, 0.15) is 24.0 Å². The van der Waals surface area contributed by atoms with Gasteiger partial charge >= 0.3 is 5.63 Å². The number of fused-ring (bicyclic) bond motifs is 1. The summed E-state index contributed by atoms with van der Waals surface area (Å²) in [5.74, 6) is 0.571. The number of aliphatic hydroxyl groups is 1. The van der Waals surface area contributed by atoms with Gasteiger partial charge in [0, 0.05) is 43.1 Å². The SMILES string of the molecule is Cc1c(Cc2ccccc2)c(=O)oc2cc(OC[C@H](O)CN3CCOCC3)ccc12. The molecule has 1 aromatic heterocycles. The van der Waals surface area contributed by atoms with Crippen LogP contribution in [0.4, 0.5) is 0 Å². The molecule has 158 valence electrons. The second kappa shape index (κ2) is 9.43. The number of hydrogen-bond acceptors (Lipinski definition) is 6. The molecule has 4 rings (SSSR count). The van der Waals surface area contributed by atoms with Crippen LogP contribution in [-0.4, -0.2) is 55.6 Å². The minimum atomic E-state index is -0.596. The highest BCUT2D eigenvalue weighted by Gasteiger charge is 2.16. The van der Waals surface area contributed by atoms with Crippen LogP contribution in [0.25, 0.3) is 11.0 Å². The fraction of sp³-hybridized carbons (Fsp3) is 0.375. The molecule has 0 amide bonds. The summed E-state index contributed by atoms with van der Waals surface area (Å²) in [6.45, 7) is 5.72. The molecule has 0 bridgehead atoms. The Kier molecular flexibility index (Phi) is 6.47. The zero-order chi connectivity index (χ0) is 20.9.